The van der Waals surface area contributed by atoms with Gasteiger partial charge in [-0.25, -0.2) is 4.79 Å². The summed E-state index contributed by atoms with van der Waals surface area (Å²) < 4.78 is 32.1. The SMILES string of the molecule is COc1cc(CO)c([N+](=O)[O-])cc1OCCCC(=O)CCCNC(=O)C1OC(OC2C(C(=O)O)OC(C)C(O)C2O)C(O)C(O)C1OC. The molecule has 1 aromatic carbocycles. The first-order valence-corrected chi connectivity index (χ1v) is 15.1. The Morgan fingerprint density at radius 1 is 0.938 bits per heavy atom. The highest BCUT2D eigenvalue weighted by Crippen LogP contribution is 2.35. The number of carboxylic acids is 1. The Morgan fingerprint density at radius 2 is 1.60 bits per heavy atom. The number of nitrogens with zero attached hydrogens (tertiary/aromatic N) is 1. The van der Waals surface area contributed by atoms with Crippen LogP contribution in [0.3, 0.4) is 0 Å². The van der Waals surface area contributed by atoms with E-state index in [0.29, 0.717) is 0 Å². The Labute approximate surface area is 274 Å². The molecule has 10 unspecified atom stereocenters. The van der Waals surface area contributed by atoms with Crippen molar-refractivity contribution in [1.82, 2.24) is 5.32 Å². The van der Waals surface area contributed by atoms with Crippen molar-refractivity contribution in [2.24, 2.45) is 0 Å². The second-order valence-corrected chi connectivity index (χ2v) is 11.2. The number of hydrogen-bond donors (Lipinski definition) is 7. The highest BCUT2D eigenvalue weighted by molar-refractivity contribution is 5.82. The van der Waals surface area contributed by atoms with Gasteiger partial charge in [-0.15, -0.1) is 0 Å². The zero-order chi connectivity index (χ0) is 35.7. The predicted octanol–water partition coefficient (Wildman–Crippen LogP) is -1.84. The van der Waals surface area contributed by atoms with Crippen LogP contribution in [0.15, 0.2) is 12.1 Å². The van der Waals surface area contributed by atoms with Gasteiger partial charge in [0.05, 0.1) is 43.0 Å². The Hall–Kier alpha value is -3.53. The lowest BCUT2D eigenvalue weighted by atomic mass is 9.94. The monoisotopic (exact) mass is 690 g/mol. The standard InChI is InChI=1S/C29H42N2O17/c1-13-19(34)20(35)24(26(46-13)28(39)40)47-29-22(37)21(36)23(44-3)25(48-29)27(38)30-8-4-6-15(33)7-5-9-45-18-11-16(31(41)42)14(12-32)10-17(18)43-2/h10-11,13,19-26,29,32,34-37H,4-9,12H2,1-3H3,(H,30,38)(H,39,40). The van der Waals surface area contributed by atoms with Crippen LogP contribution in [0.1, 0.15) is 38.2 Å². The maximum atomic E-state index is 13.0. The van der Waals surface area contributed by atoms with Crippen LogP contribution in [0.25, 0.3) is 0 Å². The summed E-state index contributed by atoms with van der Waals surface area (Å²) in [6.45, 7) is 0.819. The number of hydrogen-bond acceptors (Lipinski definition) is 16. The molecule has 0 spiro atoms. The van der Waals surface area contributed by atoms with Gasteiger partial charge < -0.3 is 64.4 Å². The van der Waals surface area contributed by atoms with Crippen LogP contribution in [-0.2, 0) is 39.9 Å². The third-order valence-corrected chi connectivity index (χ3v) is 7.96. The molecule has 0 radical (unpaired) electrons. The molecule has 1 amide bonds. The number of aliphatic hydroxyl groups is 5. The number of carbonyl (C=O) groups is 3. The molecule has 19 nitrogen and oxygen atoms in total. The number of nitro benzene ring substituents is 1. The Balaban J connectivity index is 1.49. The van der Waals surface area contributed by atoms with Gasteiger partial charge in [-0.05, 0) is 25.8 Å². The normalized spacial score (nSPS) is 30.3. The molecule has 0 aliphatic carbocycles. The zero-order valence-corrected chi connectivity index (χ0v) is 26.5. The second kappa shape index (κ2) is 17.7. The average Bonchev–Trinajstić information content (AvgIpc) is 3.06. The molecule has 1 aromatic rings. The number of nitro groups is 1. The molecule has 0 bridgehead atoms. The number of aliphatic hydroxyl groups excluding tert-OH is 5. The quantitative estimate of drug-likeness (QED) is 0.0537. The third-order valence-electron chi connectivity index (χ3n) is 7.96. The number of methoxy groups -OCH3 is 2. The van der Waals surface area contributed by atoms with Gasteiger partial charge in [-0.1, -0.05) is 0 Å². The fourth-order valence-corrected chi connectivity index (χ4v) is 5.30. The first kappa shape index (κ1) is 38.9. The molecular formula is C29H42N2O17. The number of nitrogens with one attached hydrogen (secondary N) is 1. The van der Waals surface area contributed by atoms with E-state index in [2.05, 4.69) is 5.32 Å². The van der Waals surface area contributed by atoms with Crippen LogP contribution in [0, 0.1) is 10.1 Å². The second-order valence-electron chi connectivity index (χ2n) is 11.2. The van der Waals surface area contributed by atoms with Gasteiger partial charge in [0.25, 0.3) is 11.6 Å². The molecule has 2 fully saturated rings. The van der Waals surface area contributed by atoms with Crippen molar-refractivity contribution in [3.63, 3.8) is 0 Å². The van der Waals surface area contributed by atoms with Gasteiger partial charge in [0.2, 0.25) is 0 Å². The molecule has 48 heavy (non-hydrogen) atoms. The summed E-state index contributed by atoms with van der Waals surface area (Å²) in [5.74, 6) is -2.23. The average molecular weight is 691 g/mol. The van der Waals surface area contributed by atoms with Gasteiger partial charge in [0.15, 0.2) is 30.0 Å². The number of ether oxygens (including phenoxy) is 6. The summed E-state index contributed by atoms with van der Waals surface area (Å²) in [5.41, 5.74) is -0.283. The molecule has 2 aliphatic heterocycles. The van der Waals surface area contributed by atoms with E-state index >= 15 is 0 Å². The molecule has 2 aliphatic rings. The van der Waals surface area contributed by atoms with E-state index in [1.807, 2.05) is 0 Å². The van der Waals surface area contributed by atoms with E-state index in [9.17, 15) is 55.1 Å². The van der Waals surface area contributed by atoms with Crippen molar-refractivity contribution in [3.8, 4) is 11.5 Å². The van der Waals surface area contributed by atoms with E-state index in [-0.39, 0.29) is 67.4 Å². The lowest BCUT2D eigenvalue weighted by Crippen LogP contribution is -2.66. The smallest absolute Gasteiger partial charge is 0.335 e. The summed E-state index contributed by atoms with van der Waals surface area (Å²) in [5, 5.41) is 74.5. The topological polar surface area (TPSA) is 283 Å². The first-order chi connectivity index (χ1) is 22.7. The first-order valence-electron chi connectivity index (χ1n) is 15.1. The minimum absolute atomic E-state index is 0.0000392. The fourth-order valence-electron chi connectivity index (χ4n) is 5.30. The zero-order valence-electron chi connectivity index (χ0n) is 26.5. The van der Waals surface area contributed by atoms with Gasteiger partial charge in [-0.3, -0.25) is 19.7 Å². The highest BCUT2D eigenvalue weighted by atomic mass is 16.7. The Kier molecular flexibility index (Phi) is 14.4. The molecule has 3 rings (SSSR count). The number of amides is 1. The van der Waals surface area contributed by atoms with E-state index in [1.165, 1.54) is 20.1 Å². The summed E-state index contributed by atoms with van der Waals surface area (Å²) in [6.07, 6.45) is -15.6. The van der Waals surface area contributed by atoms with Crippen LogP contribution in [-0.4, -0.2) is 142 Å². The number of aliphatic carboxylic acids is 1. The van der Waals surface area contributed by atoms with Crippen LogP contribution in [0.2, 0.25) is 0 Å². The van der Waals surface area contributed by atoms with Crippen LogP contribution < -0.4 is 14.8 Å². The van der Waals surface area contributed by atoms with Crippen molar-refractivity contribution in [1.29, 1.82) is 0 Å². The number of Topliss-reactive ketones (excluding diaryl/α,β-unsaturated/α-hetero) is 1. The Morgan fingerprint density at radius 3 is 2.21 bits per heavy atom. The van der Waals surface area contributed by atoms with Crippen molar-refractivity contribution >= 4 is 23.3 Å². The predicted molar refractivity (Wildman–Crippen MR) is 158 cm³/mol. The number of carbonyl (C=O) groups excluding carboxylic acids is 2. The summed E-state index contributed by atoms with van der Waals surface area (Å²) >= 11 is 0. The molecule has 0 saturated carbocycles. The number of benzene rings is 1. The van der Waals surface area contributed by atoms with Gasteiger partial charge in [-0.2, -0.15) is 0 Å². The fraction of sp³-hybridized carbons (Fsp3) is 0.690. The third kappa shape index (κ3) is 9.33. The Bertz CT molecular complexity index is 1280. The molecule has 19 heteroatoms. The molecule has 7 N–H and O–H groups in total. The van der Waals surface area contributed by atoms with Crippen molar-refractivity contribution < 1.29 is 78.4 Å². The van der Waals surface area contributed by atoms with E-state index in [0.717, 1.165) is 13.2 Å². The van der Waals surface area contributed by atoms with Gasteiger partial charge in [0, 0.05) is 26.5 Å². The molecule has 0 aromatic heterocycles. The largest absolute Gasteiger partial charge is 0.493 e. The van der Waals surface area contributed by atoms with E-state index in [1.54, 1.807) is 0 Å². The van der Waals surface area contributed by atoms with E-state index < -0.39 is 84.6 Å². The summed E-state index contributed by atoms with van der Waals surface area (Å²) in [7, 11) is 2.50. The van der Waals surface area contributed by atoms with E-state index in [4.69, 9.17) is 28.4 Å². The van der Waals surface area contributed by atoms with Crippen molar-refractivity contribution in [2.45, 2.75) is 100 Å². The number of carboxylic acid groups (broad SMARTS) is 1. The summed E-state index contributed by atoms with van der Waals surface area (Å²) in [4.78, 5) is 47.7. The molecule has 270 valence electrons. The van der Waals surface area contributed by atoms with Gasteiger partial charge in [0.1, 0.15) is 42.4 Å². The minimum atomic E-state index is -1.85. The lowest BCUT2D eigenvalue weighted by Gasteiger charge is -2.45. The summed E-state index contributed by atoms with van der Waals surface area (Å²) in [6, 6.07) is 2.44. The maximum Gasteiger partial charge on any atom is 0.335 e. The lowest BCUT2D eigenvalue weighted by molar-refractivity contribution is -0.385. The molecule has 2 saturated heterocycles. The highest BCUT2D eigenvalue weighted by Gasteiger charge is 2.53. The van der Waals surface area contributed by atoms with Gasteiger partial charge >= 0.3 is 5.97 Å². The minimum Gasteiger partial charge on any atom is -0.493 e. The van der Waals surface area contributed by atoms with Crippen LogP contribution in [0.5, 0.6) is 11.5 Å². The molecule has 10 atom stereocenters. The van der Waals surface area contributed by atoms with Crippen molar-refractivity contribution in [2.75, 3.05) is 27.4 Å². The van der Waals surface area contributed by atoms with Crippen LogP contribution in [0.4, 0.5) is 5.69 Å². The van der Waals surface area contributed by atoms with Crippen molar-refractivity contribution in [3.05, 3.63) is 27.8 Å². The molecular weight excluding hydrogens is 648 g/mol. The van der Waals surface area contributed by atoms with Crippen LogP contribution >= 0.6 is 0 Å². The number of rotatable bonds is 17. The maximum absolute atomic E-state index is 13.0. The molecule has 2 heterocycles. The number of ketones is 1.